The summed E-state index contributed by atoms with van der Waals surface area (Å²) in [4.78, 5) is 25.7. The minimum Gasteiger partial charge on any atom is -0.454 e. The molecule has 3 aromatic carbocycles. The Hall–Kier alpha value is -3.36. The van der Waals surface area contributed by atoms with Crippen LogP contribution in [0, 0.1) is 5.82 Å². The minimum atomic E-state index is -0.615. The third-order valence-electron chi connectivity index (χ3n) is 4.48. The molecule has 32 heavy (non-hydrogen) atoms. The van der Waals surface area contributed by atoms with Gasteiger partial charge in [0.25, 0.3) is 11.8 Å². The van der Waals surface area contributed by atoms with Crippen LogP contribution in [-0.2, 0) is 4.79 Å². The lowest BCUT2D eigenvalue weighted by molar-refractivity contribution is -0.113. The molecule has 0 unspecified atom stereocenters. The van der Waals surface area contributed by atoms with Crippen molar-refractivity contribution in [3.05, 3.63) is 92.8 Å². The van der Waals surface area contributed by atoms with Gasteiger partial charge in [-0.25, -0.2) is 4.39 Å². The van der Waals surface area contributed by atoms with E-state index in [9.17, 15) is 14.0 Å². The molecule has 1 aliphatic rings. The van der Waals surface area contributed by atoms with E-state index >= 15 is 0 Å². The predicted molar refractivity (Wildman–Crippen MR) is 122 cm³/mol. The lowest BCUT2D eigenvalue weighted by Gasteiger charge is -2.12. The minimum absolute atomic E-state index is 0.0303. The SMILES string of the molecule is O=C(Nc1ccc(F)c(Cl)c1)/C(=C/c1ccc2c(c1)OCO2)NC(=O)c1ccc(Br)cc1. The van der Waals surface area contributed by atoms with Gasteiger partial charge in [0.2, 0.25) is 6.79 Å². The lowest BCUT2D eigenvalue weighted by atomic mass is 10.1. The van der Waals surface area contributed by atoms with Gasteiger partial charge in [-0.1, -0.05) is 33.6 Å². The van der Waals surface area contributed by atoms with Gasteiger partial charge in [0.15, 0.2) is 11.5 Å². The number of nitrogens with one attached hydrogen (secondary N) is 2. The number of anilines is 1. The molecule has 0 spiro atoms. The largest absolute Gasteiger partial charge is 0.454 e. The number of carbonyl (C=O) groups excluding carboxylic acids is 2. The topological polar surface area (TPSA) is 76.7 Å². The van der Waals surface area contributed by atoms with E-state index in [0.717, 1.165) is 10.5 Å². The van der Waals surface area contributed by atoms with Gasteiger partial charge in [-0.05, 0) is 66.2 Å². The first-order chi connectivity index (χ1) is 15.4. The summed E-state index contributed by atoms with van der Waals surface area (Å²) < 4.78 is 24.9. The Morgan fingerprint density at radius 2 is 1.75 bits per heavy atom. The number of hydrogen-bond acceptors (Lipinski definition) is 4. The summed E-state index contributed by atoms with van der Waals surface area (Å²) >= 11 is 9.12. The summed E-state index contributed by atoms with van der Waals surface area (Å²) in [6.45, 7) is 0.113. The Bertz CT molecular complexity index is 1230. The first kappa shape index (κ1) is 21.9. The van der Waals surface area contributed by atoms with Crippen molar-refractivity contribution in [1.82, 2.24) is 5.32 Å². The summed E-state index contributed by atoms with van der Waals surface area (Å²) in [6, 6.07) is 15.6. The first-order valence-electron chi connectivity index (χ1n) is 9.34. The van der Waals surface area contributed by atoms with Crippen molar-refractivity contribution < 1.29 is 23.5 Å². The summed E-state index contributed by atoms with van der Waals surface area (Å²) in [7, 11) is 0. The highest BCUT2D eigenvalue weighted by Gasteiger charge is 2.17. The maximum absolute atomic E-state index is 13.4. The van der Waals surface area contributed by atoms with E-state index in [1.165, 1.54) is 18.2 Å². The molecule has 0 saturated heterocycles. The second-order valence-electron chi connectivity index (χ2n) is 6.71. The Kier molecular flexibility index (Phi) is 6.43. The van der Waals surface area contributed by atoms with Gasteiger partial charge in [0, 0.05) is 15.7 Å². The van der Waals surface area contributed by atoms with Gasteiger partial charge in [-0.3, -0.25) is 9.59 Å². The van der Waals surface area contributed by atoms with E-state index in [4.69, 9.17) is 21.1 Å². The smallest absolute Gasteiger partial charge is 0.272 e. The summed E-state index contributed by atoms with van der Waals surface area (Å²) in [6.07, 6.45) is 1.50. The van der Waals surface area contributed by atoms with Crippen LogP contribution in [0.5, 0.6) is 11.5 Å². The van der Waals surface area contributed by atoms with Gasteiger partial charge >= 0.3 is 0 Å². The van der Waals surface area contributed by atoms with E-state index < -0.39 is 17.6 Å². The summed E-state index contributed by atoms with van der Waals surface area (Å²) in [5, 5.41) is 5.11. The molecule has 1 heterocycles. The summed E-state index contributed by atoms with van der Waals surface area (Å²) in [5.74, 6) is -0.576. The van der Waals surface area contributed by atoms with Crippen LogP contribution in [-0.4, -0.2) is 18.6 Å². The summed E-state index contributed by atoms with van der Waals surface area (Å²) in [5.41, 5.74) is 1.21. The van der Waals surface area contributed by atoms with Gasteiger partial charge in [0.05, 0.1) is 5.02 Å². The molecule has 2 amide bonds. The molecular weight excluding hydrogens is 503 g/mol. The monoisotopic (exact) mass is 516 g/mol. The highest BCUT2D eigenvalue weighted by atomic mass is 79.9. The van der Waals surface area contributed by atoms with Crippen molar-refractivity contribution in [2.45, 2.75) is 0 Å². The number of ether oxygens (including phenoxy) is 2. The Morgan fingerprint density at radius 1 is 1.00 bits per heavy atom. The number of amides is 2. The molecule has 0 aromatic heterocycles. The van der Waals surface area contributed by atoms with E-state index in [1.807, 2.05) is 0 Å². The van der Waals surface area contributed by atoms with Crippen LogP contribution in [0.2, 0.25) is 5.02 Å². The fraction of sp³-hybridized carbons (Fsp3) is 0.0435. The quantitative estimate of drug-likeness (QED) is 0.446. The molecule has 6 nitrogen and oxygen atoms in total. The van der Waals surface area contributed by atoms with Crippen molar-refractivity contribution in [3.8, 4) is 11.5 Å². The third kappa shape index (κ3) is 5.09. The fourth-order valence-electron chi connectivity index (χ4n) is 2.90. The van der Waals surface area contributed by atoms with Crippen molar-refractivity contribution in [2.75, 3.05) is 12.1 Å². The molecule has 4 rings (SSSR count). The van der Waals surface area contributed by atoms with Crippen molar-refractivity contribution in [2.24, 2.45) is 0 Å². The lowest BCUT2D eigenvalue weighted by Crippen LogP contribution is -2.30. The number of hydrogen-bond donors (Lipinski definition) is 2. The van der Waals surface area contributed by atoms with Crippen LogP contribution < -0.4 is 20.1 Å². The second-order valence-corrected chi connectivity index (χ2v) is 8.04. The van der Waals surface area contributed by atoms with E-state index in [-0.39, 0.29) is 23.2 Å². The number of halogens is 3. The van der Waals surface area contributed by atoms with Crippen LogP contribution in [0.3, 0.4) is 0 Å². The van der Waals surface area contributed by atoms with Crippen LogP contribution in [0.1, 0.15) is 15.9 Å². The second kappa shape index (κ2) is 9.42. The number of fused-ring (bicyclic) bond motifs is 1. The number of carbonyl (C=O) groups is 2. The Labute approximate surface area is 196 Å². The Morgan fingerprint density at radius 3 is 2.50 bits per heavy atom. The molecule has 162 valence electrons. The molecule has 2 N–H and O–H groups in total. The first-order valence-corrected chi connectivity index (χ1v) is 10.5. The molecule has 0 aliphatic carbocycles. The van der Waals surface area contributed by atoms with Crippen LogP contribution in [0.25, 0.3) is 6.08 Å². The average molecular weight is 518 g/mol. The van der Waals surface area contributed by atoms with Crippen molar-refractivity contribution in [3.63, 3.8) is 0 Å². The molecule has 0 atom stereocenters. The van der Waals surface area contributed by atoms with E-state index in [1.54, 1.807) is 42.5 Å². The van der Waals surface area contributed by atoms with E-state index in [0.29, 0.717) is 22.6 Å². The van der Waals surface area contributed by atoms with Crippen LogP contribution in [0.4, 0.5) is 10.1 Å². The number of benzene rings is 3. The predicted octanol–water partition coefficient (Wildman–Crippen LogP) is 5.38. The third-order valence-corrected chi connectivity index (χ3v) is 5.30. The molecule has 0 bridgehead atoms. The number of rotatable bonds is 5. The van der Waals surface area contributed by atoms with Gasteiger partial charge in [-0.2, -0.15) is 0 Å². The average Bonchev–Trinajstić information content (AvgIpc) is 3.24. The maximum Gasteiger partial charge on any atom is 0.272 e. The van der Waals surface area contributed by atoms with E-state index in [2.05, 4.69) is 26.6 Å². The van der Waals surface area contributed by atoms with Gasteiger partial charge in [0.1, 0.15) is 11.5 Å². The molecule has 1 aliphatic heterocycles. The van der Waals surface area contributed by atoms with Crippen molar-refractivity contribution in [1.29, 1.82) is 0 Å². The van der Waals surface area contributed by atoms with Gasteiger partial charge < -0.3 is 20.1 Å². The normalized spacial score (nSPS) is 12.4. The zero-order chi connectivity index (χ0) is 22.7. The molecule has 0 saturated carbocycles. The van der Waals surface area contributed by atoms with Crippen molar-refractivity contribution >= 4 is 51.1 Å². The molecule has 0 radical (unpaired) electrons. The molecular formula is C23H15BrClFN2O4. The molecule has 3 aromatic rings. The van der Waals surface area contributed by atoms with Crippen LogP contribution in [0.15, 0.2) is 70.8 Å². The molecule has 9 heteroatoms. The molecule has 0 fully saturated rings. The standard InChI is InChI=1S/C23H15BrClFN2O4/c24-15-4-2-14(3-5-15)22(29)28-19(9-13-1-8-20-21(10-13)32-12-31-20)23(30)27-16-6-7-18(26)17(25)11-16/h1-11H,12H2,(H,27,30)(H,28,29)/b19-9-. The zero-order valence-electron chi connectivity index (χ0n) is 16.3. The Balaban J connectivity index is 1.63. The maximum atomic E-state index is 13.4. The fourth-order valence-corrected chi connectivity index (χ4v) is 3.34. The zero-order valence-corrected chi connectivity index (χ0v) is 18.7. The van der Waals surface area contributed by atoms with Gasteiger partial charge in [-0.15, -0.1) is 0 Å². The highest BCUT2D eigenvalue weighted by Crippen LogP contribution is 2.33. The van der Waals surface area contributed by atoms with Crippen LogP contribution >= 0.6 is 27.5 Å². The highest BCUT2D eigenvalue weighted by molar-refractivity contribution is 9.10.